The Kier molecular flexibility index (Phi) is 3.57. The van der Waals surface area contributed by atoms with Crippen LogP contribution in [0.25, 0.3) is 0 Å². The van der Waals surface area contributed by atoms with E-state index in [-0.39, 0.29) is 16.9 Å². The second-order valence-electron chi connectivity index (χ2n) is 3.92. The monoisotopic (exact) mass is 279 g/mol. The molecule has 0 heterocycles. The highest BCUT2D eigenvalue weighted by molar-refractivity contribution is 6.30. The Balaban J connectivity index is 2.36. The van der Waals surface area contributed by atoms with E-state index in [1.807, 2.05) is 0 Å². The number of hydrogen-bond donors (Lipinski definition) is 3. The SMILES string of the molecule is NC(=O)c1cc(Nc2cc(Cl)ccc2F)ccc1N. The van der Waals surface area contributed by atoms with Crippen LogP contribution in [0, 0.1) is 5.82 Å². The third-order valence-corrected chi connectivity index (χ3v) is 2.76. The van der Waals surface area contributed by atoms with Crippen molar-refractivity contribution in [1.29, 1.82) is 0 Å². The zero-order valence-electron chi connectivity index (χ0n) is 9.78. The zero-order valence-corrected chi connectivity index (χ0v) is 10.5. The summed E-state index contributed by atoms with van der Waals surface area (Å²) in [6, 6.07) is 8.72. The van der Waals surface area contributed by atoms with Crippen molar-refractivity contribution in [1.82, 2.24) is 0 Å². The molecule has 2 aromatic rings. The molecule has 6 heteroatoms. The summed E-state index contributed by atoms with van der Waals surface area (Å²) < 4.78 is 13.6. The first-order valence-electron chi connectivity index (χ1n) is 5.39. The van der Waals surface area contributed by atoms with Crippen LogP contribution in [0.5, 0.6) is 0 Å². The molecule has 0 atom stereocenters. The van der Waals surface area contributed by atoms with Gasteiger partial charge in [-0.1, -0.05) is 11.6 Å². The van der Waals surface area contributed by atoms with Crippen molar-refractivity contribution in [2.45, 2.75) is 0 Å². The number of nitrogen functional groups attached to an aromatic ring is 1. The summed E-state index contributed by atoms with van der Waals surface area (Å²) in [5.41, 5.74) is 11.9. The van der Waals surface area contributed by atoms with Crippen molar-refractivity contribution in [3.8, 4) is 0 Å². The summed E-state index contributed by atoms with van der Waals surface area (Å²) in [6.45, 7) is 0. The Morgan fingerprint density at radius 2 is 1.95 bits per heavy atom. The summed E-state index contributed by atoms with van der Waals surface area (Å²) in [5.74, 6) is -1.10. The Hall–Kier alpha value is -2.27. The minimum Gasteiger partial charge on any atom is -0.398 e. The highest BCUT2D eigenvalue weighted by atomic mass is 35.5. The Morgan fingerprint density at radius 3 is 2.63 bits per heavy atom. The lowest BCUT2D eigenvalue weighted by Gasteiger charge is -2.10. The van der Waals surface area contributed by atoms with Gasteiger partial charge in [-0.3, -0.25) is 4.79 Å². The van der Waals surface area contributed by atoms with Crippen molar-refractivity contribution >= 4 is 34.6 Å². The maximum atomic E-state index is 13.6. The van der Waals surface area contributed by atoms with Crippen LogP contribution >= 0.6 is 11.6 Å². The van der Waals surface area contributed by atoms with Gasteiger partial charge in [-0.2, -0.15) is 0 Å². The van der Waals surface area contributed by atoms with Crippen molar-refractivity contribution in [2.24, 2.45) is 5.73 Å². The smallest absolute Gasteiger partial charge is 0.250 e. The van der Waals surface area contributed by atoms with Gasteiger partial charge in [0.1, 0.15) is 5.82 Å². The number of benzene rings is 2. The maximum absolute atomic E-state index is 13.6. The van der Waals surface area contributed by atoms with E-state index in [9.17, 15) is 9.18 Å². The van der Waals surface area contributed by atoms with Crippen LogP contribution in [-0.4, -0.2) is 5.91 Å². The predicted molar refractivity (Wildman–Crippen MR) is 74.1 cm³/mol. The standard InChI is InChI=1S/C13H11ClFN3O/c14-7-1-3-10(15)12(5-7)18-8-2-4-11(16)9(6-8)13(17)19/h1-6,18H,16H2,(H2,17,19). The average Bonchev–Trinajstić information content (AvgIpc) is 2.36. The summed E-state index contributed by atoms with van der Waals surface area (Å²) in [7, 11) is 0. The number of hydrogen-bond acceptors (Lipinski definition) is 3. The first-order chi connectivity index (χ1) is 8.97. The van der Waals surface area contributed by atoms with Crippen LogP contribution in [0.4, 0.5) is 21.5 Å². The number of amides is 1. The van der Waals surface area contributed by atoms with Crippen LogP contribution in [0.3, 0.4) is 0 Å². The largest absolute Gasteiger partial charge is 0.398 e. The lowest BCUT2D eigenvalue weighted by Crippen LogP contribution is -2.13. The first kappa shape index (κ1) is 13.2. The molecule has 0 aliphatic heterocycles. The van der Waals surface area contributed by atoms with Crippen molar-refractivity contribution in [3.63, 3.8) is 0 Å². The van der Waals surface area contributed by atoms with Gasteiger partial charge in [0.25, 0.3) is 5.91 Å². The van der Waals surface area contributed by atoms with E-state index in [1.165, 1.54) is 30.3 Å². The molecular weight excluding hydrogens is 269 g/mol. The van der Waals surface area contributed by atoms with Crippen LogP contribution < -0.4 is 16.8 Å². The molecule has 0 aromatic heterocycles. The number of nitrogens with two attached hydrogens (primary N) is 2. The summed E-state index contributed by atoms with van der Waals surface area (Å²) >= 11 is 5.79. The first-order valence-corrected chi connectivity index (χ1v) is 5.76. The van der Waals surface area contributed by atoms with Crippen LogP contribution in [-0.2, 0) is 0 Å². The summed E-state index contributed by atoms with van der Waals surface area (Å²) in [5, 5.41) is 3.21. The molecule has 0 fully saturated rings. The fourth-order valence-electron chi connectivity index (χ4n) is 1.60. The summed E-state index contributed by atoms with van der Waals surface area (Å²) in [4.78, 5) is 11.2. The van der Waals surface area contributed by atoms with Gasteiger partial charge in [0.15, 0.2) is 0 Å². The molecule has 0 saturated carbocycles. The zero-order chi connectivity index (χ0) is 14.0. The maximum Gasteiger partial charge on any atom is 0.250 e. The molecule has 0 aliphatic rings. The molecular formula is C13H11ClFN3O. The molecule has 98 valence electrons. The number of anilines is 3. The quantitative estimate of drug-likeness (QED) is 0.756. The molecule has 2 aromatic carbocycles. The highest BCUT2D eigenvalue weighted by Gasteiger charge is 2.08. The van der Waals surface area contributed by atoms with Crippen molar-refractivity contribution in [3.05, 3.63) is 52.8 Å². The molecule has 0 saturated heterocycles. The van der Waals surface area contributed by atoms with E-state index < -0.39 is 11.7 Å². The number of rotatable bonds is 3. The van der Waals surface area contributed by atoms with Gasteiger partial charge in [0.05, 0.1) is 11.3 Å². The van der Waals surface area contributed by atoms with Crippen molar-refractivity contribution < 1.29 is 9.18 Å². The topological polar surface area (TPSA) is 81.1 Å². The number of nitrogens with one attached hydrogen (secondary N) is 1. The van der Waals surface area contributed by atoms with E-state index >= 15 is 0 Å². The molecule has 1 amide bonds. The molecule has 0 aliphatic carbocycles. The van der Waals surface area contributed by atoms with Crippen LogP contribution in [0.15, 0.2) is 36.4 Å². The molecule has 0 bridgehead atoms. The van der Waals surface area contributed by atoms with E-state index in [0.29, 0.717) is 10.7 Å². The lowest BCUT2D eigenvalue weighted by molar-refractivity contribution is 0.100. The average molecular weight is 280 g/mol. The van der Waals surface area contributed by atoms with Crippen LogP contribution in [0.1, 0.15) is 10.4 Å². The molecule has 0 unspecified atom stereocenters. The van der Waals surface area contributed by atoms with E-state index in [0.717, 1.165) is 0 Å². The molecule has 0 radical (unpaired) electrons. The van der Waals surface area contributed by atoms with E-state index in [1.54, 1.807) is 6.07 Å². The minimum absolute atomic E-state index is 0.174. The van der Waals surface area contributed by atoms with Gasteiger partial charge in [0, 0.05) is 16.4 Å². The van der Waals surface area contributed by atoms with E-state index in [2.05, 4.69) is 5.32 Å². The highest BCUT2D eigenvalue weighted by Crippen LogP contribution is 2.25. The van der Waals surface area contributed by atoms with Crippen LogP contribution in [0.2, 0.25) is 5.02 Å². The Bertz CT molecular complexity index is 646. The fourth-order valence-corrected chi connectivity index (χ4v) is 1.77. The number of primary amides is 1. The molecule has 4 nitrogen and oxygen atoms in total. The van der Waals surface area contributed by atoms with Gasteiger partial charge in [-0.05, 0) is 36.4 Å². The third kappa shape index (κ3) is 2.95. The second-order valence-corrected chi connectivity index (χ2v) is 4.35. The fraction of sp³-hybridized carbons (Fsp3) is 0. The van der Waals surface area contributed by atoms with Gasteiger partial charge >= 0.3 is 0 Å². The summed E-state index contributed by atoms with van der Waals surface area (Å²) in [6.07, 6.45) is 0. The minimum atomic E-state index is -0.646. The van der Waals surface area contributed by atoms with Crippen molar-refractivity contribution in [2.75, 3.05) is 11.1 Å². The molecule has 19 heavy (non-hydrogen) atoms. The Morgan fingerprint density at radius 1 is 1.21 bits per heavy atom. The number of carbonyl (C=O) groups excluding carboxylic acids is 1. The van der Waals surface area contributed by atoms with Gasteiger partial charge in [0.2, 0.25) is 0 Å². The second kappa shape index (κ2) is 5.16. The lowest BCUT2D eigenvalue weighted by atomic mass is 10.1. The number of carbonyl (C=O) groups is 1. The molecule has 5 N–H and O–H groups in total. The molecule has 2 rings (SSSR count). The van der Waals surface area contributed by atoms with Gasteiger partial charge in [-0.25, -0.2) is 4.39 Å². The predicted octanol–water partition coefficient (Wildman–Crippen LogP) is 2.90. The normalized spacial score (nSPS) is 10.2. The van der Waals surface area contributed by atoms with E-state index in [4.69, 9.17) is 23.1 Å². The Labute approximate surface area is 114 Å². The van der Waals surface area contributed by atoms with Gasteiger partial charge < -0.3 is 16.8 Å². The number of halogens is 2. The molecule has 0 spiro atoms. The van der Waals surface area contributed by atoms with Gasteiger partial charge in [-0.15, -0.1) is 0 Å². The third-order valence-electron chi connectivity index (χ3n) is 2.53.